The van der Waals surface area contributed by atoms with E-state index in [1.54, 1.807) is 11.3 Å². The Morgan fingerprint density at radius 3 is 2.35 bits per heavy atom. The van der Waals surface area contributed by atoms with E-state index >= 15 is 0 Å². The van der Waals surface area contributed by atoms with E-state index in [-0.39, 0.29) is 42.5 Å². The third kappa shape index (κ3) is 8.33. The Bertz CT molecular complexity index is 1110. The number of ketones is 1. The summed E-state index contributed by atoms with van der Waals surface area (Å²) in [6.45, 7) is 15.7. The molecule has 187 valence electrons. The zero-order valence-corrected chi connectivity index (χ0v) is 24.6. The Morgan fingerprint density at radius 1 is 1.12 bits per heavy atom. The predicted molar refractivity (Wildman–Crippen MR) is 138 cm³/mol. The number of aliphatic hydroxyl groups excluding tert-OH is 1. The summed E-state index contributed by atoms with van der Waals surface area (Å²) in [5.41, 5.74) is 1.55. The van der Waals surface area contributed by atoms with E-state index in [2.05, 4.69) is 28.6 Å². The van der Waals surface area contributed by atoms with Gasteiger partial charge in [-0.15, -0.1) is 23.5 Å². The number of pyridine rings is 1. The van der Waals surface area contributed by atoms with Crippen molar-refractivity contribution in [3.05, 3.63) is 64.9 Å². The average molecular weight is 659 g/mol. The van der Waals surface area contributed by atoms with Gasteiger partial charge in [0.15, 0.2) is 5.78 Å². The number of aromatic nitrogens is 1. The zero-order valence-electron chi connectivity index (χ0n) is 21.4. The number of aliphatic hydroxyl groups is 1. The molecule has 0 saturated heterocycles. The van der Waals surface area contributed by atoms with Crippen LogP contribution in [0, 0.1) is 30.7 Å². The van der Waals surface area contributed by atoms with Gasteiger partial charge < -0.3 is 9.84 Å². The standard InChI is InChI=1S/C15H12NOS.C13H24O2.Ir/c1-10-5-11(2)7-13(6-10)17-15-8-12-3-4-18-14(12)9-16-15;1-7-12(3,4)10(14)9-11(15)13(5,6)8-2;/h3-6,8-9H,1-2H3;9,14H,7-8H2,1-6H3;/q-1;;/b;10-9-;. The summed E-state index contributed by atoms with van der Waals surface area (Å²) >= 11 is 1.68. The van der Waals surface area contributed by atoms with E-state index < -0.39 is 0 Å². The molecular weight excluding hydrogens is 623 g/mol. The summed E-state index contributed by atoms with van der Waals surface area (Å²) in [4.78, 5) is 16.1. The van der Waals surface area contributed by atoms with Crippen LogP contribution in [0.5, 0.6) is 11.6 Å². The SMILES string of the molecule is CCC(C)(C)C(=O)/C=C(\O)C(C)(C)CC.Cc1[c-]c(Oc2cc3ccsc3cn2)cc(C)c1.[Ir]. The van der Waals surface area contributed by atoms with Gasteiger partial charge in [0, 0.05) is 55.0 Å². The molecule has 1 radical (unpaired) electrons. The number of rotatable bonds is 7. The van der Waals surface area contributed by atoms with Gasteiger partial charge in [0.2, 0.25) is 5.88 Å². The van der Waals surface area contributed by atoms with Crippen molar-refractivity contribution in [3.8, 4) is 11.6 Å². The van der Waals surface area contributed by atoms with Gasteiger partial charge >= 0.3 is 0 Å². The van der Waals surface area contributed by atoms with Crippen molar-refractivity contribution in [3.63, 3.8) is 0 Å². The molecule has 2 aromatic heterocycles. The van der Waals surface area contributed by atoms with E-state index in [0.29, 0.717) is 5.88 Å². The number of ether oxygens (including phenoxy) is 1. The molecule has 0 atom stereocenters. The molecule has 0 amide bonds. The minimum absolute atomic E-state index is 0. The molecule has 0 saturated carbocycles. The Balaban J connectivity index is 0.000000338. The number of aryl methyl sites for hydroxylation is 2. The molecule has 0 spiro atoms. The second-order valence-electron chi connectivity index (χ2n) is 9.66. The summed E-state index contributed by atoms with van der Waals surface area (Å²) in [5.74, 6) is 1.53. The Labute approximate surface area is 221 Å². The fourth-order valence-corrected chi connectivity index (χ4v) is 3.54. The van der Waals surface area contributed by atoms with Crippen LogP contribution in [0.25, 0.3) is 10.1 Å². The summed E-state index contributed by atoms with van der Waals surface area (Å²) in [6, 6.07) is 11.2. The number of allylic oxidation sites excluding steroid dienone is 2. The van der Waals surface area contributed by atoms with Gasteiger partial charge in [0.25, 0.3) is 0 Å². The molecular formula is C28H36IrNO3S-. The third-order valence-corrected chi connectivity index (χ3v) is 6.92. The number of nitrogens with zero attached hydrogens (tertiary/aromatic N) is 1. The number of fused-ring (bicyclic) bond motifs is 1. The monoisotopic (exact) mass is 659 g/mol. The number of hydrogen-bond donors (Lipinski definition) is 1. The molecule has 0 aliphatic heterocycles. The van der Waals surface area contributed by atoms with Gasteiger partial charge in [-0.2, -0.15) is 17.2 Å². The van der Waals surface area contributed by atoms with Crippen LogP contribution < -0.4 is 4.74 Å². The van der Waals surface area contributed by atoms with E-state index in [4.69, 9.17) is 4.74 Å². The molecule has 0 unspecified atom stereocenters. The fourth-order valence-electron chi connectivity index (χ4n) is 2.80. The maximum atomic E-state index is 11.8. The van der Waals surface area contributed by atoms with E-state index in [1.807, 2.05) is 73.7 Å². The molecule has 0 fully saturated rings. The van der Waals surface area contributed by atoms with Crippen molar-refractivity contribution < 1.29 is 34.7 Å². The Kier molecular flexibility index (Phi) is 11.1. The van der Waals surface area contributed by atoms with Crippen molar-refractivity contribution in [2.75, 3.05) is 0 Å². The molecule has 3 rings (SSSR count). The van der Waals surface area contributed by atoms with Crippen LogP contribution in [0.1, 0.15) is 65.5 Å². The number of thiophene rings is 1. The number of carbonyl (C=O) groups is 1. The van der Waals surface area contributed by atoms with Crippen LogP contribution in [0.4, 0.5) is 0 Å². The van der Waals surface area contributed by atoms with Crippen LogP contribution in [-0.2, 0) is 24.9 Å². The molecule has 0 bridgehead atoms. The van der Waals surface area contributed by atoms with Crippen molar-refractivity contribution >= 4 is 27.2 Å². The first-order chi connectivity index (χ1) is 15.4. The summed E-state index contributed by atoms with van der Waals surface area (Å²) < 4.78 is 6.93. The van der Waals surface area contributed by atoms with Crippen molar-refractivity contribution in [2.45, 2.75) is 68.2 Å². The molecule has 4 nitrogen and oxygen atoms in total. The van der Waals surface area contributed by atoms with Crippen LogP contribution >= 0.6 is 11.3 Å². The zero-order chi connectivity index (χ0) is 24.8. The number of carbonyl (C=O) groups excluding carboxylic acids is 1. The average Bonchev–Trinajstić information content (AvgIpc) is 3.21. The molecule has 2 heterocycles. The maximum absolute atomic E-state index is 11.8. The first-order valence-electron chi connectivity index (χ1n) is 11.3. The van der Waals surface area contributed by atoms with Crippen LogP contribution in [0.3, 0.4) is 0 Å². The van der Waals surface area contributed by atoms with Crippen molar-refractivity contribution in [2.24, 2.45) is 10.8 Å². The second-order valence-corrected chi connectivity index (χ2v) is 10.6. The molecule has 1 N–H and O–H groups in total. The topological polar surface area (TPSA) is 59.4 Å². The van der Waals surface area contributed by atoms with E-state index in [9.17, 15) is 9.90 Å². The van der Waals surface area contributed by atoms with Crippen LogP contribution in [0.15, 0.2) is 47.7 Å². The first kappa shape index (κ1) is 30.0. The molecule has 1 aromatic carbocycles. The second kappa shape index (κ2) is 12.6. The van der Waals surface area contributed by atoms with Gasteiger partial charge in [-0.05, 0) is 29.7 Å². The number of benzene rings is 1. The first-order valence-corrected chi connectivity index (χ1v) is 12.2. The third-order valence-electron chi connectivity index (χ3n) is 6.05. The smallest absolute Gasteiger partial charge is 0.217 e. The van der Waals surface area contributed by atoms with Crippen molar-refractivity contribution in [1.29, 1.82) is 0 Å². The molecule has 34 heavy (non-hydrogen) atoms. The van der Waals surface area contributed by atoms with E-state index in [0.717, 1.165) is 35.1 Å². The Morgan fingerprint density at radius 2 is 1.76 bits per heavy atom. The summed E-state index contributed by atoms with van der Waals surface area (Å²) in [6.07, 6.45) is 4.84. The Hall–Kier alpha value is -2.01. The molecule has 0 aliphatic rings. The van der Waals surface area contributed by atoms with Gasteiger partial charge in [-0.1, -0.05) is 55.4 Å². The van der Waals surface area contributed by atoms with Crippen LogP contribution in [-0.4, -0.2) is 15.9 Å². The molecule has 6 heteroatoms. The summed E-state index contributed by atoms with van der Waals surface area (Å²) in [7, 11) is 0. The number of hydrogen-bond acceptors (Lipinski definition) is 5. The van der Waals surface area contributed by atoms with Gasteiger partial charge in [-0.25, -0.2) is 4.98 Å². The van der Waals surface area contributed by atoms with Crippen LogP contribution in [0.2, 0.25) is 0 Å². The molecule has 0 aliphatic carbocycles. The minimum atomic E-state index is -0.377. The maximum Gasteiger partial charge on any atom is 0.217 e. The predicted octanol–water partition coefficient (Wildman–Crippen LogP) is 8.37. The largest absolute Gasteiger partial charge is 0.512 e. The normalized spacial score (nSPS) is 11.9. The minimum Gasteiger partial charge on any atom is -0.512 e. The van der Waals surface area contributed by atoms with Gasteiger partial charge in [0.1, 0.15) is 5.76 Å². The molecule has 3 aromatic rings. The van der Waals surface area contributed by atoms with Gasteiger partial charge in [0.05, 0.1) is 4.70 Å². The quantitative estimate of drug-likeness (QED) is 0.158. The van der Waals surface area contributed by atoms with Gasteiger partial charge in [-0.3, -0.25) is 4.79 Å². The van der Waals surface area contributed by atoms with E-state index in [1.165, 1.54) is 10.8 Å². The fraction of sp³-hybridized carbons (Fsp3) is 0.429. The van der Waals surface area contributed by atoms with Crippen molar-refractivity contribution in [1.82, 2.24) is 4.98 Å². The summed E-state index contributed by atoms with van der Waals surface area (Å²) in [5, 5.41) is 13.1.